The Balaban J connectivity index is 0.000000336. The van der Waals surface area contributed by atoms with Gasteiger partial charge in [-0.2, -0.15) is 0 Å². The summed E-state index contributed by atoms with van der Waals surface area (Å²) < 4.78 is 0. The first kappa shape index (κ1) is 9.94. The molecule has 0 spiro atoms. The third-order valence-corrected chi connectivity index (χ3v) is 1.51. The number of benzene rings is 1. The second-order valence-corrected chi connectivity index (χ2v) is 2.20. The molecule has 0 atom stereocenters. The SMILES string of the molecule is [Cl][Hg].c1ccc2ncccc2c1. The van der Waals surface area contributed by atoms with Gasteiger partial charge in [-0.1, -0.05) is 24.3 Å². The molecule has 0 saturated heterocycles. The zero-order valence-corrected chi connectivity index (χ0v) is 12.8. The van der Waals surface area contributed by atoms with Gasteiger partial charge in [0.2, 0.25) is 0 Å². The van der Waals surface area contributed by atoms with Crippen LogP contribution in [0.2, 0.25) is 0 Å². The number of pyridine rings is 1. The first-order valence-electron chi connectivity index (χ1n) is 3.53. The first-order chi connectivity index (χ1) is 5.97. The maximum absolute atomic E-state index is 4.83. The van der Waals surface area contributed by atoms with Crippen LogP contribution >= 0.6 is 8.25 Å². The number of fused-ring (bicyclic) bond motifs is 1. The number of rotatable bonds is 0. The van der Waals surface area contributed by atoms with E-state index in [0.717, 1.165) is 5.52 Å². The molecule has 0 bridgehead atoms. The van der Waals surface area contributed by atoms with E-state index in [0.29, 0.717) is 24.9 Å². The van der Waals surface area contributed by atoms with Crippen molar-refractivity contribution < 1.29 is 24.9 Å². The Morgan fingerprint density at radius 3 is 2.42 bits per heavy atom. The Kier molecular flexibility index (Phi) is 4.55. The van der Waals surface area contributed by atoms with Crippen molar-refractivity contribution in [2.45, 2.75) is 0 Å². The number of para-hydroxylation sites is 1. The molecule has 1 aromatic heterocycles. The Hall–Kier alpha value is -0.145. The van der Waals surface area contributed by atoms with Gasteiger partial charge in [-0.15, -0.1) is 0 Å². The van der Waals surface area contributed by atoms with E-state index in [9.17, 15) is 0 Å². The second-order valence-electron chi connectivity index (χ2n) is 2.20. The molecule has 0 N–H and O–H groups in total. The van der Waals surface area contributed by atoms with Crippen molar-refractivity contribution in [2.24, 2.45) is 0 Å². The van der Waals surface area contributed by atoms with Crippen molar-refractivity contribution in [2.75, 3.05) is 0 Å². The number of halogens is 1. The second kappa shape index (κ2) is 5.49. The van der Waals surface area contributed by atoms with Crippen LogP contribution in [0, 0.1) is 0 Å². The van der Waals surface area contributed by atoms with Crippen LogP contribution in [0.5, 0.6) is 0 Å². The van der Waals surface area contributed by atoms with Crippen LogP contribution in [0.1, 0.15) is 0 Å². The zero-order valence-electron chi connectivity index (χ0n) is 6.57. The molecule has 0 fully saturated rings. The minimum absolute atomic E-state index is 0.500. The fourth-order valence-corrected chi connectivity index (χ4v) is 1.02. The molecule has 0 aliphatic carbocycles. The van der Waals surface area contributed by atoms with Crippen LogP contribution in [-0.4, -0.2) is 4.98 Å². The van der Waals surface area contributed by atoms with E-state index in [1.807, 2.05) is 30.5 Å². The van der Waals surface area contributed by atoms with Crippen LogP contribution in [-0.2, 0) is 24.9 Å². The van der Waals surface area contributed by atoms with Gasteiger partial charge >= 0.3 is 33.1 Å². The van der Waals surface area contributed by atoms with Crippen LogP contribution in [0.3, 0.4) is 0 Å². The molecule has 0 aliphatic heterocycles. The molecular formula is C9H7ClHgN. The van der Waals surface area contributed by atoms with Gasteiger partial charge in [0.1, 0.15) is 0 Å². The van der Waals surface area contributed by atoms with Crippen LogP contribution < -0.4 is 0 Å². The van der Waals surface area contributed by atoms with E-state index in [4.69, 9.17) is 8.25 Å². The molecule has 12 heavy (non-hydrogen) atoms. The average molecular weight is 365 g/mol. The van der Waals surface area contributed by atoms with Crippen LogP contribution in [0.25, 0.3) is 10.9 Å². The Morgan fingerprint density at radius 2 is 1.67 bits per heavy atom. The minimum Gasteiger partial charge on any atom is -0.256 e. The monoisotopic (exact) mass is 366 g/mol. The fraction of sp³-hybridized carbons (Fsp3) is 0. The quantitative estimate of drug-likeness (QED) is 0.655. The fourth-order valence-electron chi connectivity index (χ4n) is 1.02. The number of hydrogen-bond donors (Lipinski definition) is 0. The van der Waals surface area contributed by atoms with E-state index in [1.54, 1.807) is 0 Å². The maximum atomic E-state index is 4.83. The van der Waals surface area contributed by atoms with Gasteiger partial charge in [0, 0.05) is 11.6 Å². The largest absolute Gasteiger partial charge is 0.256 e. The van der Waals surface area contributed by atoms with Crippen LogP contribution in [0.4, 0.5) is 0 Å². The summed E-state index contributed by atoms with van der Waals surface area (Å²) in [5.41, 5.74) is 1.06. The summed E-state index contributed by atoms with van der Waals surface area (Å²) in [6.45, 7) is 0. The maximum Gasteiger partial charge on any atom is 0.0701 e. The molecule has 0 aliphatic rings. The topological polar surface area (TPSA) is 12.9 Å². The first-order valence-corrected chi connectivity index (χ1v) is 10.3. The van der Waals surface area contributed by atoms with Crippen molar-refractivity contribution in [1.82, 2.24) is 4.98 Å². The predicted octanol–water partition coefficient (Wildman–Crippen LogP) is 2.92. The van der Waals surface area contributed by atoms with E-state index in [-0.39, 0.29) is 0 Å². The third-order valence-electron chi connectivity index (χ3n) is 1.51. The van der Waals surface area contributed by atoms with Gasteiger partial charge in [-0.05, 0) is 12.1 Å². The molecule has 3 heteroatoms. The van der Waals surface area contributed by atoms with E-state index in [1.165, 1.54) is 5.39 Å². The molecule has 0 amide bonds. The Labute approximate surface area is 91.2 Å². The molecule has 0 unspecified atom stereocenters. The van der Waals surface area contributed by atoms with Crippen LogP contribution in [0.15, 0.2) is 42.6 Å². The van der Waals surface area contributed by atoms with E-state index in [2.05, 4.69) is 17.1 Å². The van der Waals surface area contributed by atoms with Gasteiger partial charge in [-0.3, -0.25) is 4.98 Å². The zero-order chi connectivity index (χ0) is 8.81. The Bertz CT molecular complexity index is 286. The Morgan fingerprint density at radius 1 is 1.00 bits per heavy atom. The summed E-state index contributed by atoms with van der Waals surface area (Å²) in [6.07, 6.45) is 1.81. The summed E-state index contributed by atoms with van der Waals surface area (Å²) in [5.74, 6) is 0. The summed E-state index contributed by atoms with van der Waals surface area (Å²) in [7, 11) is 4.83. The third kappa shape index (κ3) is 2.42. The minimum atomic E-state index is 0.500. The van der Waals surface area contributed by atoms with Gasteiger partial charge in [0.05, 0.1) is 5.52 Å². The molecule has 57 valence electrons. The van der Waals surface area contributed by atoms with Crippen molar-refractivity contribution >= 4 is 19.2 Å². The normalized spacial score (nSPS) is 8.92. The van der Waals surface area contributed by atoms with Gasteiger partial charge < -0.3 is 0 Å². The summed E-state index contributed by atoms with van der Waals surface area (Å²) in [4.78, 5) is 4.18. The smallest absolute Gasteiger partial charge is 0.0701 e. The number of nitrogens with zero attached hydrogens (tertiary/aromatic N) is 1. The molecule has 2 aromatic rings. The van der Waals surface area contributed by atoms with Crippen molar-refractivity contribution in [3.05, 3.63) is 42.6 Å². The molecular weight excluding hydrogens is 358 g/mol. The predicted molar refractivity (Wildman–Crippen MR) is 47.6 cm³/mol. The average Bonchev–Trinajstić information content (AvgIpc) is 2.21. The molecule has 0 radical (unpaired) electrons. The summed E-state index contributed by atoms with van der Waals surface area (Å²) in [6, 6.07) is 12.1. The summed E-state index contributed by atoms with van der Waals surface area (Å²) in [5, 5.41) is 1.20. The summed E-state index contributed by atoms with van der Waals surface area (Å²) >= 11 is 0.500. The molecule has 1 aromatic carbocycles. The molecule has 1 nitrogen and oxygen atoms in total. The molecule has 0 saturated carbocycles. The van der Waals surface area contributed by atoms with Gasteiger partial charge in [-0.25, -0.2) is 0 Å². The van der Waals surface area contributed by atoms with Gasteiger partial charge in [0.15, 0.2) is 0 Å². The van der Waals surface area contributed by atoms with E-state index >= 15 is 0 Å². The van der Waals surface area contributed by atoms with Gasteiger partial charge in [0.25, 0.3) is 0 Å². The van der Waals surface area contributed by atoms with Crippen molar-refractivity contribution in [1.29, 1.82) is 0 Å². The standard InChI is InChI=1S/C9H7N.ClH.Hg/c1-2-6-9-8(4-1)5-3-7-10-9;;/h1-7H;1H;/q;;+1/p-1. The number of aromatic nitrogens is 1. The molecule has 1 heterocycles. The molecule has 2 rings (SSSR count). The number of hydrogen-bond acceptors (Lipinski definition) is 1. The van der Waals surface area contributed by atoms with Crippen molar-refractivity contribution in [3.8, 4) is 0 Å². The van der Waals surface area contributed by atoms with Crippen molar-refractivity contribution in [3.63, 3.8) is 0 Å². The van der Waals surface area contributed by atoms with E-state index < -0.39 is 0 Å².